The molecule has 0 spiro atoms. The molecule has 1 aliphatic carbocycles. The van der Waals surface area contributed by atoms with Gasteiger partial charge in [0, 0.05) is 25.2 Å². The molecule has 1 N–H and O–H groups in total. The number of nitrogens with zero attached hydrogens (tertiary/aromatic N) is 1. The quantitative estimate of drug-likeness (QED) is 0.858. The van der Waals surface area contributed by atoms with Gasteiger partial charge >= 0.3 is 0 Å². The van der Waals surface area contributed by atoms with Crippen LogP contribution in [0.3, 0.4) is 0 Å². The number of carbonyl (C=O) groups is 1. The maximum Gasteiger partial charge on any atom is 0.251 e. The van der Waals surface area contributed by atoms with Gasteiger partial charge < -0.3 is 10.1 Å². The van der Waals surface area contributed by atoms with E-state index < -0.39 is 0 Å². The molecule has 0 saturated carbocycles. The van der Waals surface area contributed by atoms with Crippen molar-refractivity contribution in [3.63, 3.8) is 0 Å². The molecule has 2 aromatic carbocycles. The Labute approximate surface area is 167 Å². The summed E-state index contributed by atoms with van der Waals surface area (Å²) in [5.41, 5.74) is 6.03. The first-order valence-corrected chi connectivity index (χ1v) is 10.5. The number of morpholine rings is 1. The largest absolute Gasteiger partial charge is 0.379 e. The third kappa shape index (κ3) is 4.62. The molecule has 4 nitrogen and oxygen atoms in total. The summed E-state index contributed by atoms with van der Waals surface area (Å²) in [7, 11) is 0. The molecule has 1 aliphatic heterocycles. The third-order valence-corrected chi connectivity index (χ3v) is 5.92. The smallest absolute Gasteiger partial charge is 0.251 e. The molecule has 1 heterocycles. The van der Waals surface area contributed by atoms with Crippen LogP contribution >= 0.6 is 0 Å². The number of amides is 1. The molecular formula is C24H30N2O2. The zero-order chi connectivity index (χ0) is 19.3. The fourth-order valence-corrected chi connectivity index (χ4v) is 4.21. The molecule has 1 saturated heterocycles. The summed E-state index contributed by atoms with van der Waals surface area (Å²) in [5.74, 6) is -0.00551. The van der Waals surface area contributed by atoms with Crippen molar-refractivity contribution in [2.45, 2.75) is 45.2 Å². The summed E-state index contributed by atoms with van der Waals surface area (Å²) < 4.78 is 5.41. The lowest BCUT2D eigenvalue weighted by Gasteiger charge is -2.26. The molecule has 0 aromatic heterocycles. The summed E-state index contributed by atoms with van der Waals surface area (Å²) in [6.45, 7) is 6.42. The Morgan fingerprint density at radius 1 is 1.07 bits per heavy atom. The zero-order valence-electron chi connectivity index (χ0n) is 16.7. The minimum absolute atomic E-state index is 0.00243. The molecule has 1 unspecified atom stereocenters. The summed E-state index contributed by atoms with van der Waals surface area (Å²) in [4.78, 5) is 15.2. The first-order valence-electron chi connectivity index (χ1n) is 10.5. The van der Waals surface area contributed by atoms with E-state index in [1.165, 1.54) is 41.5 Å². The Morgan fingerprint density at radius 3 is 2.68 bits per heavy atom. The molecule has 148 valence electrons. The van der Waals surface area contributed by atoms with E-state index in [-0.39, 0.29) is 11.9 Å². The van der Waals surface area contributed by atoms with Crippen LogP contribution in [0.1, 0.15) is 58.4 Å². The minimum atomic E-state index is -0.00551. The second kappa shape index (κ2) is 8.89. The highest BCUT2D eigenvalue weighted by atomic mass is 16.5. The van der Waals surface area contributed by atoms with Gasteiger partial charge in [-0.1, -0.05) is 30.3 Å². The standard InChI is InChI=1S/C24H30N2O2/c1-18(21-10-9-20-6-2-3-7-22(20)16-21)25-24(27)23-8-4-5-19(15-23)17-26-11-13-28-14-12-26/h4-5,8-10,15-16,18H,2-3,6-7,11-14,17H2,1H3,(H,25,27). The van der Waals surface area contributed by atoms with Crippen molar-refractivity contribution in [1.29, 1.82) is 0 Å². The van der Waals surface area contributed by atoms with Crippen LogP contribution in [0.2, 0.25) is 0 Å². The summed E-state index contributed by atoms with van der Waals surface area (Å²) in [6, 6.07) is 14.7. The van der Waals surface area contributed by atoms with Gasteiger partial charge in [0.15, 0.2) is 0 Å². The van der Waals surface area contributed by atoms with Crippen LogP contribution in [0.25, 0.3) is 0 Å². The number of ether oxygens (including phenoxy) is 1. The fraction of sp³-hybridized carbons (Fsp3) is 0.458. The van der Waals surface area contributed by atoms with Gasteiger partial charge in [0.1, 0.15) is 0 Å². The van der Waals surface area contributed by atoms with Crippen molar-refractivity contribution in [3.8, 4) is 0 Å². The lowest BCUT2D eigenvalue weighted by molar-refractivity contribution is 0.0342. The molecule has 28 heavy (non-hydrogen) atoms. The fourth-order valence-electron chi connectivity index (χ4n) is 4.21. The first kappa shape index (κ1) is 19.2. The van der Waals surface area contributed by atoms with Crippen LogP contribution in [0, 0.1) is 0 Å². The maximum absolute atomic E-state index is 12.8. The van der Waals surface area contributed by atoms with Crippen LogP contribution < -0.4 is 5.32 Å². The van der Waals surface area contributed by atoms with Crippen LogP contribution in [0.5, 0.6) is 0 Å². The number of aryl methyl sites for hydroxylation is 2. The Bertz CT molecular complexity index is 827. The molecule has 4 heteroatoms. The Hall–Kier alpha value is -2.17. The number of carbonyl (C=O) groups excluding carboxylic acids is 1. The molecule has 0 bridgehead atoms. The van der Waals surface area contributed by atoms with E-state index in [1.807, 2.05) is 18.2 Å². The van der Waals surface area contributed by atoms with Crippen molar-refractivity contribution >= 4 is 5.91 Å². The summed E-state index contributed by atoms with van der Waals surface area (Å²) >= 11 is 0. The summed E-state index contributed by atoms with van der Waals surface area (Å²) in [6.07, 6.45) is 4.91. The van der Waals surface area contributed by atoms with Gasteiger partial charge in [-0.25, -0.2) is 0 Å². The number of nitrogens with one attached hydrogen (secondary N) is 1. The van der Waals surface area contributed by atoms with Gasteiger partial charge in [0.25, 0.3) is 5.91 Å². The second-order valence-electron chi connectivity index (χ2n) is 8.02. The van der Waals surface area contributed by atoms with E-state index >= 15 is 0 Å². The third-order valence-electron chi connectivity index (χ3n) is 5.92. The number of benzene rings is 2. The first-order chi connectivity index (χ1) is 13.7. The zero-order valence-corrected chi connectivity index (χ0v) is 16.7. The van der Waals surface area contributed by atoms with E-state index in [9.17, 15) is 4.79 Å². The van der Waals surface area contributed by atoms with Gasteiger partial charge in [-0.3, -0.25) is 9.69 Å². The minimum Gasteiger partial charge on any atom is -0.379 e. The molecule has 2 aliphatic rings. The van der Waals surface area contributed by atoms with E-state index in [1.54, 1.807) is 0 Å². The van der Waals surface area contributed by atoms with Crippen molar-refractivity contribution < 1.29 is 9.53 Å². The molecular weight excluding hydrogens is 348 g/mol. The van der Waals surface area contributed by atoms with Crippen LogP contribution in [-0.2, 0) is 24.1 Å². The maximum atomic E-state index is 12.8. The number of rotatable bonds is 5. The highest BCUT2D eigenvalue weighted by Crippen LogP contribution is 2.25. The Morgan fingerprint density at radius 2 is 1.86 bits per heavy atom. The molecule has 4 rings (SSSR count). The highest BCUT2D eigenvalue weighted by Gasteiger charge is 2.16. The van der Waals surface area contributed by atoms with Crippen molar-refractivity contribution in [3.05, 3.63) is 70.3 Å². The van der Waals surface area contributed by atoms with Gasteiger partial charge in [-0.15, -0.1) is 0 Å². The van der Waals surface area contributed by atoms with E-state index in [0.29, 0.717) is 0 Å². The topological polar surface area (TPSA) is 41.6 Å². The lowest BCUT2D eigenvalue weighted by atomic mass is 9.89. The van der Waals surface area contributed by atoms with Gasteiger partial charge in [0.05, 0.1) is 19.3 Å². The SMILES string of the molecule is CC(NC(=O)c1cccc(CN2CCOCC2)c1)c1ccc2c(c1)CCCC2. The van der Waals surface area contributed by atoms with Crippen LogP contribution in [0.4, 0.5) is 0 Å². The van der Waals surface area contributed by atoms with Gasteiger partial charge in [0.2, 0.25) is 0 Å². The highest BCUT2D eigenvalue weighted by molar-refractivity contribution is 5.94. The predicted octanol–water partition coefficient (Wildman–Crippen LogP) is 3.89. The van der Waals surface area contributed by atoms with E-state index in [2.05, 4.69) is 41.4 Å². The van der Waals surface area contributed by atoms with E-state index in [0.717, 1.165) is 44.8 Å². The summed E-state index contributed by atoms with van der Waals surface area (Å²) in [5, 5.41) is 3.18. The molecule has 0 radical (unpaired) electrons. The second-order valence-corrected chi connectivity index (χ2v) is 8.02. The monoisotopic (exact) mass is 378 g/mol. The van der Waals surface area contributed by atoms with Crippen molar-refractivity contribution in [1.82, 2.24) is 10.2 Å². The van der Waals surface area contributed by atoms with Crippen molar-refractivity contribution in [2.24, 2.45) is 0 Å². The molecule has 1 amide bonds. The van der Waals surface area contributed by atoms with E-state index in [4.69, 9.17) is 4.74 Å². The number of hydrogen-bond acceptors (Lipinski definition) is 3. The number of fused-ring (bicyclic) bond motifs is 1. The predicted molar refractivity (Wildman–Crippen MR) is 112 cm³/mol. The average Bonchev–Trinajstić information content (AvgIpc) is 2.74. The molecule has 1 atom stereocenters. The Balaban J connectivity index is 1.41. The molecule has 2 aromatic rings. The van der Waals surface area contributed by atoms with Crippen LogP contribution in [0.15, 0.2) is 42.5 Å². The van der Waals surface area contributed by atoms with Crippen molar-refractivity contribution in [2.75, 3.05) is 26.3 Å². The molecule has 1 fully saturated rings. The van der Waals surface area contributed by atoms with Gasteiger partial charge in [-0.2, -0.15) is 0 Å². The number of hydrogen-bond donors (Lipinski definition) is 1. The van der Waals surface area contributed by atoms with Crippen LogP contribution in [-0.4, -0.2) is 37.1 Å². The Kier molecular flexibility index (Phi) is 6.08. The average molecular weight is 379 g/mol. The van der Waals surface area contributed by atoms with Gasteiger partial charge in [-0.05, 0) is 67.0 Å². The normalized spacial score (nSPS) is 18.3. The lowest BCUT2D eigenvalue weighted by Crippen LogP contribution is -2.35.